The zero-order chi connectivity index (χ0) is 39.9. The molecule has 2 aromatic heterocycles. The first kappa shape index (κ1) is 48.9. The summed E-state index contributed by atoms with van der Waals surface area (Å²) in [6.07, 6.45) is 11.0. The number of hydrogen-bond donors (Lipinski definition) is 0. The molecule has 4 heterocycles. The number of imidazole rings is 1. The summed E-state index contributed by atoms with van der Waals surface area (Å²) >= 11 is 0. The van der Waals surface area contributed by atoms with Crippen molar-refractivity contribution in [1.82, 2.24) is 19.4 Å². The van der Waals surface area contributed by atoms with Crippen LogP contribution >= 0.6 is 0 Å². The Hall–Kier alpha value is -3.15. The molecule has 11 heteroatoms. The fraction of sp³-hybridized carbons (Fsp3) is 0.732. The van der Waals surface area contributed by atoms with Crippen molar-refractivity contribution in [2.45, 2.75) is 138 Å². The Bertz CT molecular complexity index is 1270. The van der Waals surface area contributed by atoms with Gasteiger partial charge in [0.2, 0.25) is 0 Å². The molecule has 0 aliphatic carbocycles. The maximum absolute atomic E-state index is 13.8. The lowest BCUT2D eigenvalue weighted by Gasteiger charge is -2.38. The molecule has 0 spiro atoms. The fourth-order valence-corrected chi connectivity index (χ4v) is 6.61. The number of hydrogen-bond acceptors (Lipinski definition) is 9. The van der Waals surface area contributed by atoms with E-state index in [4.69, 9.17) is 14.2 Å². The molecule has 1 amide bonds. The Morgan fingerprint density at radius 1 is 0.923 bits per heavy atom. The van der Waals surface area contributed by atoms with E-state index in [2.05, 4.69) is 19.3 Å². The second-order valence-corrected chi connectivity index (χ2v) is 13.4. The summed E-state index contributed by atoms with van der Waals surface area (Å²) in [7, 11) is 4.88. The predicted molar refractivity (Wildman–Crippen MR) is 209 cm³/mol. The van der Waals surface area contributed by atoms with Crippen molar-refractivity contribution in [1.29, 1.82) is 0 Å². The fourth-order valence-electron chi connectivity index (χ4n) is 6.61. The van der Waals surface area contributed by atoms with Crippen molar-refractivity contribution in [3.05, 3.63) is 37.1 Å². The van der Waals surface area contributed by atoms with Gasteiger partial charge in [-0.05, 0) is 58.1 Å². The number of ether oxygens (including phenoxy) is 4. The standard InChI is InChI=1S/C33H48N4O6.C2H6O.3C2H6/c1-23-17-32(4,41-6)13-12-28(38)24(2)20-42-21-33(5)30(25(3)29(23)39)37(31(40)43-33)16-9-7-8-15-36-19-27(35-22-36)26-11-10-14-34-18-26;1-3-2;3*1-2/h10-11,14,18-19,22-25,30H,7-9,12-13,15-17,20-21H2,1-6H3;1-2H3;3*1-2H3/t23-,24?,25?,30?,32+,33-;;;;/m1..../s1. The van der Waals surface area contributed by atoms with Gasteiger partial charge < -0.3 is 28.4 Å². The minimum absolute atomic E-state index is 0.0593. The largest absolute Gasteiger partial charge is 0.438 e. The monoisotopic (exact) mass is 733 g/mol. The van der Waals surface area contributed by atoms with E-state index >= 15 is 0 Å². The number of aryl methyl sites for hydroxylation is 1. The highest BCUT2D eigenvalue weighted by Crippen LogP contribution is 2.38. The Balaban J connectivity index is 0.00000266. The summed E-state index contributed by atoms with van der Waals surface area (Å²) in [5, 5.41) is 0. The SMILES string of the molecule is CC.CC.CC.COC.CO[C@@]1(C)CCC(=O)C(C)COC[C@@]2(C)OC(=O)N(CCCCCn3cnc(-c4cccnc4)c3)C2C(C)C(=O)[C@H](C)C1. The number of methoxy groups -OCH3 is 2. The number of unbranched alkanes of at least 4 members (excludes halogenated alkanes) is 2. The van der Waals surface area contributed by atoms with Crippen molar-refractivity contribution < 1.29 is 33.3 Å². The lowest BCUT2D eigenvalue weighted by Crippen LogP contribution is -2.53. The van der Waals surface area contributed by atoms with Gasteiger partial charge in [0.15, 0.2) is 5.60 Å². The van der Waals surface area contributed by atoms with Gasteiger partial charge in [-0.15, -0.1) is 0 Å². The van der Waals surface area contributed by atoms with E-state index in [0.717, 1.165) is 37.1 Å². The Morgan fingerprint density at radius 2 is 1.56 bits per heavy atom. The molecule has 2 saturated heterocycles. The van der Waals surface area contributed by atoms with Crippen molar-refractivity contribution in [2.75, 3.05) is 41.1 Å². The minimum atomic E-state index is -1.01. The van der Waals surface area contributed by atoms with Gasteiger partial charge in [0.25, 0.3) is 0 Å². The molecule has 6 atom stereocenters. The number of Topliss-reactive ketones (excluding diaryl/α,β-unsaturated/α-hetero) is 2. The first-order valence-electron chi connectivity index (χ1n) is 19.4. The first-order chi connectivity index (χ1) is 24.9. The molecule has 3 unspecified atom stereocenters. The summed E-state index contributed by atoms with van der Waals surface area (Å²) in [6, 6.07) is 3.41. The molecule has 4 rings (SSSR count). The number of fused-ring (bicyclic) bond motifs is 1. The van der Waals surface area contributed by atoms with Crippen molar-refractivity contribution in [2.24, 2.45) is 17.8 Å². The molecule has 0 aromatic carbocycles. The molecular weight excluding hydrogens is 660 g/mol. The summed E-state index contributed by atoms with van der Waals surface area (Å²) in [6.45, 7) is 23.1. The van der Waals surface area contributed by atoms with Crippen molar-refractivity contribution >= 4 is 17.7 Å². The summed E-state index contributed by atoms with van der Waals surface area (Å²) in [4.78, 5) is 50.3. The summed E-state index contributed by atoms with van der Waals surface area (Å²) < 4.78 is 24.1. The molecular formula is C41H72N4O7. The molecule has 0 radical (unpaired) electrons. The number of carbonyl (C=O) groups excluding carboxylic acids is 3. The highest BCUT2D eigenvalue weighted by atomic mass is 16.6. The molecule has 298 valence electrons. The first-order valence-corrected chi connectivity index (χ1v) is 19.4. The van der Waals surface area contributed by atoms with Gasteiger partial charge in [0, 0.05) is 82.7 Å². The Labute approximate surface area is 315 Å². The smallest absolute Gasteiger partial charge is 0.410 e. The number of ketones is 2. The number of aromatic nitrogens is 3. The molecule has 2 aromatic rings. The second-order valence-electron chi connectivity index (χ2n) is 13.4. The van der Waals surface area contributed by atoms with Gasteiger partial charge in [0.05, 0.1) is 36.9 Å². The van der Waals surface area contributed by atoms with Gasteiger partial charge in [-0.3, -0.25) is 14.6 Å². The second kappa shape index (κ2) is 25.8. The molecule has 0 N–H and O–H groups in total. The van der Waals surface area contributed by atoms with E-state index in [9.17, 15) is 14.4 Å². The van der Waals surface area contributed by atoms with Crippen LogP contribution < -0.4 is 0 Å². The zero-order valence-corrected chi connectivity index (χ0v) is 35.0. The maximum Gasteiger partial charge on any atom is 0.410 e. The number of amides is 1. The Morgan fingerprint density at radius 3 is 2.15 bits per heavy atom. The molecule has 2 fully saturated rings. The van der Waals surface area contributed by atoms with Crippen LogP contribution in [0.15, 0.2) is 37.1 Å². The average Bonchev–Trinajstić information content (AvgIpc) is 3.73. The number of pyridine rings is 1. The number of carbonyl (C=O) groups is 3. The van der Waals surface area contributed by atoms with E-state index in [1.807, 2.05) is 101 Å². The van der Waals surface area contributed by atoms with Gasteiger partial charge in [-0.25, -0.2) is 9.78 Å². The van der Waals surface area contributed by atoms with Gasteiger partial charge in [-0.1, -0.05) is 62.3 Å². The van der Waals surface area contributed by atoms with Gasteiger partial charge in [0.1, 0.15) is 11.6 Å². The van der Waals surface area contributed by atoms with Crippen molar-refractivity contribution in [3.8, 4) is 11.3 Å². The van der Waals surface area contributed by atoms with Crippen LogP contribution in [0.3, 0.4) is 0 Å². The zero-order valence-electron chi connectivity index (χ0n) is 35.0. The molecule has 2 aliphatic rings. The van der Waals surface area contributed by atoms with E-state index in [1.165, 1.54) is 0 Å². The van der Waals surface area contributed by atoms with Crippen LogP contribution in [-0.4, -0.2) is 95.4 Å². The molecule has 0 bridgehead atoms. The maximum atomic E-state index is 13.8. The van der Waals surface area contributed by atoms with Gasteiger partial charge in [-0.2, -0.15) is 0 Å². The third kappa shape index (κ3) is 14.7. The molecule has 11 nitrogen and oxygen atoms in total. The van der Waals surface area contributed by atoms with E-state index in [-0.39, 0.29) is 36.6 Å². The molecule has 0 saturated carbocycles. The van der Waals surface area contributed by atoms with Crippen LogP contribution in [-0.2, 0) is 35.1 Å². The molecule has 2 aliphatic heterocycles. The minimum Gasteiger partial charge on any atom is -0.438 e. The highest BCUT2D eigenvalue weighted by Gasteiger charge is 2.55. The van der Waals surface area contributed by atoms with Crippen LogP contribution in [0.2, 0.25) is 0 Å². The van der Waals surface area contributed by atoms with Crippen molar-refractivity contribution in [3.63, 3.8) is 0 Å². The average molecular weight is 733 g/mol. The lowest BCUT2D eigenvalue weighted by atomic mass is 9.77. The van der Waals surface area contributed by atoms with Crippen LogP contribution in [0.5, 0.6) is 0 Å². The van der Waals surface area contributed by atoms with Crippen LogP contribution in [0, 0.1) is 17.8 Å². The third-order valence-electron chi connectivity index (χ3n) is 9.27. The van der Waals surface area contributed by atoms with Crippen LogP contribution in [0.4, 0.5) is 4.79 Å². The van der Waals surface area contributed by atoms with E-state index in [0.29, 0.717) is 25.8 Å². The van der Waals surface area contributed by atoms with Gasteiger partial charge >= 0.3 is 6.09 Å². The lowest BCUT2D eigenvalue weighted by molar-refractivity contribution is -0.135. The Kier molecular flexibility index (Phi) is 24.2. The quantitative estimate of drug-likeness (QED) is 0.245. The summed E-state index contributed by atoms with van der Waals surface area (Å²) in [5.74, 6) is -0.904. The predicted octanol–water partition coefficient (Wildman–Crippen LogP) is 8.69. The topological polar surface area (TPSA) is 122 Å². The highest BCUT2D eigenvalue weighted by molar-refractivity contribution is 5.85. The summed E-state index contributed by atoms with van der Waals surface area (Å²) in [5.41, 5.74) is 0.257. The third-order valence-corrected chi connectivity index (χ3v) is 9.27. The van der Waals surface area contributed by atoms with Crippen LogP contribution in [0.25, 0.3) is 11.3 Å². The molecule has 52 heavy (non-hydrogen) atoms. The number of nitrogens with zero attached hydrogens (tertiary/aromatic N) is 4. The van der Waals surface area contributed by atoms with E-state index < -0.39 is 29.3 Å². The number of rotatable bonds is 8. The van der Waals surface area contributed by atoms with Crippen LogP contribution in [0.1, 0.15) is 115 Å². The normalized spacial score (nSPS) is 26.3. The van der Waals surface area contributed by atoms with E-state index in [1.54, 1.807) is 38.6 Å².